The topological polar surface area (TPSA) is 84.2 Å². The first-order valence-electron chi connectivity index (χ1n) is 6.44. The summed E-state index contributed by atoms with van der Waals surface area (Å²) in [7, 11) is 0. The average molecular weight is 295 g/mol. The molecule has 2 aromatic heterocycles. The Hall–Kier alpha value is -1.89. The molecule has 0 fully saturated rings. The molecule has 2 heterocycles. The van der Waals surface area contributed by atoms with E-state index in [1.807, 2.05) is 26.8 Å². The fourth-order valence-electron chi connectivity index (χ4n) is 2.01. The number of carbonyl (C=O) groups is 1. The van der Waals surface area contributed by atoms with Crippen molar-refractivity contribution in [2.75, 3.05) is 11.9 Å². The van der Waals surface area contributed by atoms with Gasteiger partial charge in [0.2, 0.25) is 0 Å². The van der Waals surface area contributed by atoms with Crippen LogP contribution in [0.25, 0.3) is 10.1 Å². The van der Waals surface area contributed by atoms with Gasteiger partial charge in [-0.25, -0.2) is 4.68 Å². The SMILES string of the molecule is CCNc1cc2c(C(C)C)nn(CC(=O)O)c(=O)c2s1. The summed E-state index contributed by atoms with van der Waals surface area (Å²) < 4.78 is 1.59. The third-order valence-corrected chi connectivity index (χ3v) is 3.93. The van der Waals surface area contributed by atoms with Gasteiger partial charge in [-0.15, -0.1) is 11.3 Å². The van der Waals surface area contributed by atoms with Crippen molar-refractivity contribution in [2.24, 2.45) is 0 Å². The molecule has 0 atom stereocenters. The lowest BCUT2D eigenvalue weighted by atomic mass is 10.1. The van der Waals surface area contributed by atoms with Crippen LogP contribution in [0.5, 0.6) is 0 Å². The molecule has 108 valence electrons. The highest BCUT2D eigenvalue weighted by Gasteiger charge is 2.17. The quantitative estimate of drug-likeness (QED) is 0.882. The number of hydrogen-bond donors (Lipinski definition) is 2. The fraction of sp³-hybridized carbons (Fsp3) is 0.462. The van der Waals surface area contributed by atoms with E-state index < -0.39 is 12.5 Å². The number of fused-ring (bicyclic) bond motifs is 1. The van der Waals surface area contributed by atoms with Gasteiger partial charge < -0.3 is 10.4 Å². The third-order valence-electron chi connectivity index (χ3n) is 2.85. The van der Waals surface area contributed by atoms with E-state index in [2.05, 4.69) is 10.4 Å². The Labute approximate surface area is 120 Å². The second-order valence-electron chi connectivity index (χ2n) is 4.78. The standard InChI is InChI=1S/C13H17N3O3S/c1-4-14-9-5-8-11(7(2)3)15-16(6-10(17)18)13(19)12(8)20-9/h5,7,14H,4,6H2,1-3H3,(H,17,18). The number of carboxylic acids is 1. The van der Waals surface area contributed by atoms with Gasteiger partial charge in [0, 0.05) is 11.9 Å². The maximum absolute atomic E-state index is 12.3. The molecule has 2 rings (SSSR count). The second-order valence-corrected chi connectivity index (χ2v) is 5.83. The van der Waals surface area contributed by atoms with Crippen molar-refractivity contribution in [1.29, 1.82) is 0 Å². The molecule has 0 amide bonds. The summed E-state index contributed by atoms with van der Waals surface area (Å²) in [5, 5.41) is 18.0. The maximum Gasteiger partial charge on any atom is 0.325 e. The normalized spacial score (nSPS) is 11.2. The van der Waals surface area contributed by atoms with Crippen LogP contribution >= 0.6 is 11.3 Å². The summed E-state index contributed by atoms with van der Waals surface area (Å²) in [4.78, 5) is 23.1. The molecule has 0 saturated heterocycles. The lowest BCUT2D eigenvalue weighted by molar-refractivity contribution is -0.138. The van der Waals surface area contributed by atoms with Crippen LogP contribution in [-0.4, -0.2) is 27.4 Å². The molecular formula is C13H17N3O3S. The summed E-state index contributed by atoms with van der Waals surface area (Å²) in [5.41, 5.74) is 0.405. The van der Waals surface area contributed by atoms with Gasteiger partial charge >= 0.3 is 5.97 Å². The minimum Gasteiger partial charge on any atom is -0.480 e. The van der Waals surface area contributed by atoms with Crippen LogP contribution < -0.4 is 10.9 Å². The second kappa shape index (κ2) is 5.62. The van der Waals surface area contributed by atoms with E-state index >= 15 is 0 Å². The summed E-state index contributed by atoms with van der Waals surface area (Å²) >= 11 is 1.34. The van der Waals surface area contributed by atoms with Crippen LogP contribution in [0, 0.1) is 0 Å². The maximum atomic E-state index is 12.3. The van der Waals surface area contributed by atoms with Gasteiger partial charge in [0.05, 0.1) is 10.7 Å². The molecule has 0 unspecified atom stereocenters. The summed E-state index contributed by atoms with van der Waals surface area (Å²) in [6.07, 6.45) is 0. The minimum atomic E-state index is -1.07. The Morgan fingerprint density at radius 3 is 2.80 bits per heavy atom. The molecule has 0 aliphatic heterocycles. The van der Waals surface area contributed by atoms with Gasteiger partial charge in [0.1, 0.15) is 11.2 Å². The van der Waals surface area contributed by atoms with E-state index in [1.54, 1.807) is 0 Å². The highest BCUT2D eigenvalue weighted by Crippen LogP contribution is 2.31. The van der Waals surface area contributed by atoms with Gasteiger partial charge in [-0.1, -0.05) is 13.8 Å². The molecule has 20 heavy (non-hydrogen) atoms. The van der Waals surface area contributed by atoms with E-state index in [0.29, 0.717) is 4.70 Å². The first-order chi connectivity index (χ1) is 9.43. The Morgan fingerprint density at radius 2 is 2.25 bits per heavy atom. The predicted molar refractivity (Wildman–Crippen MR) is 79.8 cm³/mol. The van der Waals surface area contributed by atoms with E-state index in [9.17, 15) is 9.59 Å². The largest absolute Gasteiger partial charge is 0.480 e. The molecule has 2 aromatic rings. The van der Waals surface area contributed by atoms with E-state index in [4.69, 9.17) is 5.11 Å². The number of aliphatic carboxylic acids is 1. The molecule has 0 aliphatic carbocycles. The average Bonchev–Trinajstić information content (AvgIpc) is 2.76. The zero-order valence-corrected chi connectivity index (χ0v) is 12.5. The number of rotatable bonds is 5. The zero-order chi connectivity index (χ0) is 14.9. The lowest BCUT2D eigenvalue weighted by Crippen LogP contribution is -2.27. The molecule has 6 nitrogen and oxygen atoms in total. The van der Waals surface area contributed by atoms with Crippen molar-refractivity contribution in [3.63, 3.8) is 0 Å². The number of anilines is 1. The van der Waals surface area contributed by atoms with Gasteiger partial charge in [-0.05, 0) is 18.9 Å². The Kier molecular flexibility index (Phi) is 4.08. The minimum absolute atomic E-state index is 0.113. The molecule has 0 radical (unpaired) electrons. The van der Waals surface area contributed by atoms with Crippen molar-refractivity contribution in [1.82, 2.24) is 9.78 Å². The molecule has 0 spiro atoms. The Balaban J connectivity index is 2.70. The lowest BCUT2D eigenvalue weighted by Gasteiger charge is -2.09. The molecule has 7 heteroatoms. The number of nitrogens with one attached hydrogen (secondary N) is 1. The van der Waals surface area contributed by atoms with Crippen LogP contribution in [0.2, 0.25) is 0 Å². The summed E-state index contributed by atoms with van der Waals surface area (Å²) in [6.45, 7) is 6.28. The fourth-order valence-corrected chi connectivity index (χ4v) is 3.09. The van der Waals surface area contributed by atoms with Gasteiger partial charge in [0.25, 0.3) is 5.56 Å². The van der Waals surface area contributed by atoms with Gasteiger partial charge in [0.15, 0.2) is 0 Å². The summed E-state index contributed by atoms with van der Waals surface area (Å²) in [6, 6.07) is 1.92. The molecule has 0 aromatic carbocycles. The van der Waals surface area contributed by atoms with Crippen LogP contribution in [0.15, 0.2) is 10.9 Å². The van der Waals surface area contributed by atoms with Crippen molar-refractivity contribution < 1.29 is 9.90 Å². The third kappa shape index (κ3) is 2.67. The first-order valence-corrected chi connectivity index (χ1v) is 7.25. The molecular weight excluding hydrogens is 278 g/mol. The summed E-state index contributed by atoms with van der Waals surface area (Å²) in [5.74, 6) is -0.959. The van der Waals surface area contributed by atoms with Crippen LogP contribution in [0.1, 0.15) is 32.4 Å². The van der Waals surface area contributed by atoms with E-state index in [-0.39, 0.29) is 11.5 Å². The molecule has 0 bridgehead atoms. The van der Waals surface area contributed by atoms with Crippen molar-refractivity contribution in [2.45, 2.75) is 33.2 Å². The van der Waals surface area contributed by atoms with Gasteiger partial charge in [-0.2, -0.15) is 5.10 Å². The number of nitrogens with zero attached hydrogens (tertiary/aromatic N) is 2. The van der Waals surface area contributed by atoms with Crippen molar-refractivity contribution in [3.8, 4) is 0 Å². The Bertz CT molecular complexity index is 703. The van der Waals surface area contributed by atoms with E-state index in [1.165, 1.54) is 11.3 Å². The highest BCUT2D eigenvalue weighted by molar-refractivity contribution is 7.22. The predicted octanol–water partition coefficient (Wildman–Crippen LogP) is 2.10. The molecule has 0 aliphatic rings. The monoisotopic (exact) mass is 295 g/mol. The zero-order valence-electron chi connectivity index (χ0n) is 11.6. The molecule has 0 saturated carbocycles. The van der Waals surface area contributed by atoms with Crippen molar-refractivity contribution in [3.05, 3.63) is 22.1 Å². The number of thiophene rings is 1. The van der Waals surface area contributed by atoms with Crippen LogP contribution in [0.3, 0.4) is 0 Å². The van der Waals surface area contributed by atoms with Gasteiger partial charge in [-0.3, -0.25) is 9.59 Å². The first kappa shape index (κ1) is 14.5. The smallest absolute Gasteiger partial charge is 0.325 e. The van der Waals surface area contributed by atoms with E-state index in [0.717, 1.165) is 27.3 Å². The Morgan fingerprint density at radius 1 is 1.55 bits per heavy atom. The number of hydrogen-bond acceptors (Lipinski definition) is 5. The number of aromatic nitrogens is 2. The van der Waals surface area contributed by atoms with Crippen molar-refractivity contribution >= 4 is 32.4 Å². The van der Waals surface area contributed by atoms with Crippen LogP contribution in [0.4, 0.5) is 5.00 Å². The molecule has 2 N–H and O–H groups in total. The number of carboxylic acid groups (broad SMARTS) is 1. The van der Waals surface area contributed by atoms with Crippen LogP contribution in [-0.2, 0) is 11.3 Å². The highest BCUT2D eigenvalue weighted by atomic mass is 32.1.